The van der Waals surface area contributed by atoms with Crippen molar-refractivity contribution < 1.29 is 42.1 Å². The minimum atomic E-state index is -3.72. The zero-order valence-electron chi connectivity index (χ0n) is 33.0. The first kappa shape index (κ1) is 47.2. The molecule has 22 heteroatoms. The summed E-state index contributed by atoms with van der Waals surface area (Å²) in [5.41, 5.74) is 19.6. The van der Waals surface area contributed by atoms with Gasteiger partial charge in [0.1, 0.15) is 11.5 Å². The van der Waals surface area contributed by atoms with Gasteiger partial charge in [-0.1, -0.05) is 48.0 Å². The molecule has 2 atom stereocenters. The lowest BCUT2D eigenvalue weighted by Gasteiger charge is -2.28. The van der Waals surface area contributed by atoms with Crippen LogP contribution in [0.5, 0.6) is 11.5 Å². The van der Waals surface area contributed by atoms with Crippen molar-refractivity contribution in [2.24, 2.45) is 10.7 Å². The van der Waals surface area contributed by atoms with Gasteiger partial charge >= 0.3 is 0 Å². The number of carbonyl (C=O) groups is 1. The number of aromatic hydroxyl groups is 2. The van der Waals surface area contributed by atoms with Crippen LogP contribution in [-0.2, 0) is 32.9 Å². The summed E-state index contributed by atoms with van der Waals surface area (Å²) in [7, 11) is -7.43. The van der Waals surface area contributed by atoms with E-state index >= 15 is 0 Å². The molecule has 4 aromatic rings. The van der Waals surface area contributed by atoms with Crippen LogP contribution in [0.4, 0.5) is 23.0 Å². The Morgan fingerprint density at radius 1 is 0.767 bits per heavy atom. The molecular formula is C38H51ClN10O9S2. The number of rotatable bonds is 21. The predicted molar refractivity (Wildman–Crippen MR) is 232 cm³/mol. The van der Waals surface area contributed by atoms with E-state index in [4.69, 9.17) is 28.8 Å². The molecule has 0 aliphatic carbocycles. The number of nitrogens with one attached hydrogen (secondary N) is 3. The predicted octanol–water partition coefficient (Wildman–Crippen LogP) is 2.61. The molecule has 13 N–H and O–H groups in total. The standard InChI is InChI=1S/C38H51ClN10O9S2/c1-59(55,56)47-27-19-25(13-15-29(27)50)31(52)21-49(22-32(53)26-14-16-30(51)28(20-26)48-60(2,57)58)18-6-4-8-24-11-9-23(10-12-24)7-3-5-17-43-38(42)46-37(54)33-35(40)45-36(41)34(39)44-33/h9-16,19-20,31-32,47-48,50-53H,3-8,17-18,21-22H2,1-2H3,(H4,40,41,45)(H3,42,43,46,54)/t31-,32+. The lowest BCUT2D eigenvalue weighted by Crippen LogP contribution is -2.38. The van der Waals surface area contributed by atoms with Crippen molar-refractivity contribution in [3.63, 3.8) is 0 Å². The number of phenols is 2. The third-order valence-electron chi connectivity index (χ3n) is 8.99. The quantitative estimate of drug-likeness (QED) is 0.0249. The molecule has 0 fully saturated rings. The Hall–Kier alpha value is -5.45. The highest BCUT2D eigenvalue weighted by atomic mass is 35.5. The van der Waals surface area contributed by atoms with Gasteiger partial charge in [-0.15, -0.1) is 0 Å². The number of aliphatic hydroxyl groups excluding tert-OH is 2. The Labute approximate surface area is 353 Å². The fraction of sp³-hybridized carbons (Fsp3) is 0.368. The number of carbonyl (C=O) groups excluding carboxylic acids is 1. The number of nitrogens with two attached hydrogens (primary N) is 3. The van der Waals surface area contributed by atoms with Crippen molar-refractivity contribution in [1.82, 2.24) is 20.2 Å². The second kappa shape index (κ2) is 21.2. The Kier molecular flexibility index (Phi) is 16.7. The number of guanidine groups is 1. The maximum absolute atomic E-state index is 12.4. The number of aromatic nitrogens is 2. The van der Waals surface area contributed by atoms with Gasteiger partial charge in [0.2, 0.25) is 20.0 Å². The molecule has 1 aromatic heterocycles. The summed E-state index contributed by atoms with van der Waals surface area (Å²) in [5.74, 6) is -1.73. The van der Waals surface area contributed by atoms with Crippen molar-refractivity contribution in [3.8, 4) is 11.5 Å². The summed E-state index contributed by atoms with van der Waals surface area (Å²) >= 11 is 5.83. The largest absolute Gasteiger partial charge is 0.506 e. The number of amides is 1. The topological polar surface area (TPSA) is 322 Å². The van der Waals surface area contributed by atoms with Crippen molar-refractivity contribution in [2.75, 3.05) is 59.6 Å². The van der Waals surface area contributed by atoms with Crippen LogP contribution in [0.2, 0.25) is 5.15 Å². The highest BCUT2D eigenvalue weighted by Crippen LogP contribution is 2.31. The van der Waals surface area contributed by atoms with E-state index in [1.54, 1.807) is 0 Å². The van der Waals surface area contributed by atoms with Crippen LogP contribution in [0.15, 0.2) is 65.7 Å². The Morgan fingerprint density at radius 3 is 1.73 bits per heavy atom. The smallest absolute Gasteiger partial charge is 0.280 e. The third kappa shape index (κ3) is 15.3. The van der Waals surface area contributed by atoms with Crippen LogP contribution >= 0.6 is 11.6 Å². The zero-order chi connectivity index (χ0) is 44.2. The maximum Gasteiger partial charge on any atom is 0.280 e. The molecular weight excluding hydrogens is 840 g/mol. The van der Waals surface area contributed by atoms with E-state index in [2.05, 4.69) is 54.0 Å². The molecule has 1 heterocycles. The zero-order valence-corrected chi connectivity index (χ0v) is 35.4. The molecule has 60 heavy (non-hydrogen) atoms. The number of sulfonamides is 2. The summed E-state index contributed by atoms with van der Waals surface area (Å²) in [6.07, 6.45) is 4.13. The molecule has 1 amide bonds. The first-order chi connectivity index (χ1) is 28.2. The van der Waals surface area contributed by atoms with E-state index in [0.29, 0.717) is 37.1 Å². The molecule has 0 spiro atoms. The Balaban J connectivity index is 1.31. The first-order valence-corrected chi connectivity index (χ1v) is 22.8. The van der Waals surface area contributed by atoms with Gasteiger partial charge in [0.05, 0.1) is 36.1 Å². The number of aliphatic imine (C=N–C) groups is 1. The molecule has 0 bridgehead atoms. The van der Waals surface area contributed by atoms with Gasteiger partial charge in [0.15, 0.2) is 28.4 Å². The number of hydrogen-bond acceptors (Lipinski definition) is 15. The summed E-state index contributed by atoms with van der Waals surface area (Å²) in [6, 6.07) is 16.4. The number of unbranched alkanes of at least 4 members (excludes halogenated alkanes) is 2. The van der Waals surface area contributed by atoms with Crippen LogP contribution in [0.3, 0.4) is 0 Å². The van der Waals surface area contributed by atoms with Gasteiger partial charge < -0.3 is 37.6 Å². The van der Waals surface area contributed by atoms with Crippen molar-refractivity contribution in [2.45, 2.75) is 50.7 Å². The lowest BCUT2D eigenvalue weighted by molar-refractivity contribution is 0.0679. The number of anilines is 4. The SMILES string of the molecule is CS(=O)(=O)Nc1cc([C@H](O)CN(CCCCc2ccc(CCCCN=C(N)NC(=O)c3nc(Cl)c(N)nc3N)cc2)C[C@H](O)c2ccc(O)c(NS(C)(=O)=O)c2)ccc1O. The number of aryl methyl sites for hydroxylation is 2. The molecule has 0 unspecified atom stereocenters. The van der Waals surface area contributed by atoms with Gasteiger partial charge in [0, 0.05) is 19.6 Å². The van der Waals surface area contributed by atoms with Gasteiger partial charge in [-0.05, 0) is 91.6 Å². The summed E-state index contributed by atoms with van der Waals surface area (Å²) < 4.78 is 51.7. The van der Waals surface area contributed by atoms with E-state index < -0.39 is 38.2 Å². The molecule has 19 nitrogen and oxygen atoms in total. The molecule has 326 valence electrons. The third-order valence-corrected chi connectivity index (χ3v) is 10.5. The Morgan fingerprint density at radius 2 is 1.25 bits per heavy atom. The van der Waals surface area contributed by atoms with Gasteiger partial charge in [-0.25, -0.2) is 26.8 Å². The van der Waals surface area contributed by atoms with Crippen LogP contribution < -0.4 is 32.0 Å². The van der Waals surface area contributed by atoms with Crippen molar-refractivity contribution >= 4 is 66.5 Å². The average Bonchev–Trinajstić information content (AvgIpc) is 3.15. The number of nitrogen functional groups attached to an aromatic ring is 2. The molecule has 0 saturated heterocycles. The highest BCUT2D eigenvalue weighted by molar-refractivity contribution is 7.92. The van der Waals surface area contributed by atoms with E-state index in [1.165, 1.54) is 36.4 Å². The van der Waals surface area contributed by atoms with Crippen molar-refractivity contribution in [1.29, 1.82) is 0 Å². The fourth-order valence-corrected chi connectivity index (χ4v) is 7.30. The Bertz CT molecular complexity index is 2280. The molecule has 0 aliphatic rings. The number of aliphatic hydroxyl groups is 2. The van der Waals surface area contributed by atoms with Gasteiger partial charge in [0.25, 0.3) is 5.91 Å². The normalized spacial score (nSPS) is 13.2. The van der Waals surface area contributed by atoms with Crippen LogP contribution in [0.25, 0.3) is 0 Å². The molecule has 3 aromatic carbocycles. The molecule has 0 saturated carbocycles. The van der Waals surface area contributed by atoms with Crippen LogP contribution in [0.1, 0.15) is 70.6 Å². The minimum Gasteiger partial charge on any atom is -0.506 e. The maximum atomic E-state index is 12.4. The number of phenolic OH excluding ortho intramolecular Hbond substituents is 2. The second-order valence-corrected chi connectivity index (χ2v) is 18.0. The summed E-state index contributed by atoms with van der Waals surface area (Å²) in [5, 5.41) is 45.1. The van der Waals surface area contributed by atoms with E-state index in [9.17, 15) is 42.1 Å². The average molecular weight is 891 g/mol. The van der Waals surface area contributed by atoms with E-state index in [-0.39, 0.29) is 64.4 Å². The van der Waals surface area contributed by atoms with Crippen molar-refractivity contribution in [3.05, 3.63) is 93.8 Å². The highest BCUT2D eigenvalue weighted by Gasteiger charge is 2.21. The molecule has 4 rings (SSSR count). The summed E-state index contributed by atoms with van der Waals surface area (Å²) in [6.45, 7) is 0.875. The first-order valence-electron chi connectivity index (χ1n) is 18.6. The van der Waals surface area contributed by atoms with Crippen LogP contribution in [-0.4, -0.2) is 103 Å². The monoisotopic (exact) mass is 890 g/mol. The summed E-state index contributed by atoms with van der Waals surface area (Å²) in [4.78, 5) is 26.0. The number of halogens is 1. The lowest BCUT2D eigenvalue weighted by atomic mass is 10.0. The van der Waals surface area contributed by atoms with Crippen LogP contribution in [0, 0.1) is 0 Å². The number of nitrogens with zero attached hydrogens (tertiary/aromatic N) is 4. The second-order valence-electron chi connectivity index (χ2n) is 14.2. The number of benzene rings is 3. The minimum absolute atomic E-state index is 0.0250. The van der Waals surface area contributed by atoms with E-state index in [0.717, 1.165) is 49.3 Å². The van der Waals surface area contributed by atoms with Gasteiger partial charge in [-0.3, -0.25) is 29.4 Å². The fourth-order valence-electron chi connectivity index (χ4n) is 6.04. The van der Waals surface area contributed by atoms with Gasteiger partial charge in [-0.2, -0.15) is 0 Å². The molecule has 0 radical (unpaired) electrons. The van der Waals surface area contributed by atoms with E-state index in [1.807, 2.05) is 4.90 Å². The number of hydrogen-bond donors (Lipinski definition) is 10. The molecule has 0 aliphatic heterocycles.